The third kappa shape index (κ3) is 3.10. The molecular formula is C28H36Si. The Morgan fingerprint density at radius 1 is 0.655 bits per heavy atom. The highest BCUT2D eigenvalue weighted by Crippen LogP contribution is 2.51. The van der Waals surface area contributed by atoms with Crippen LogP contribution in [0.3, 0.4) is 0 Å². The Morgan fingerprint density at radius 2 is 1.03 bits per heavy atom. The zero-order chi connectivity index (χ0) is 21.1. The minimum absolute atomic E-state index is 0.563. The maximum Gasteiger partial charge on any atom is 0.113 e. The molecule has 0 saturated carbocycles. The molecular weight excluding hydrogens is 364 g/mol. The van der Waals surface area contributed by atoms with E-state index in [4.69, 9.17) is 0 Å². The Morgan fingerprint density at radius 3 is 1.38 bits per heavy atom. The largest absolute Gasteiger partial charge is 0.113 e. The van der Waals surface area contributed by atoms with Crippen LogP contribution in [0.5, 0.6) is 0 Å². The molecule has 0 fully saturated rings. The number of allylic oxidation sites excluding steroid dienone is 2. The second kappa shape index (κ2) is 7.13. The molecule has 29 heavy (non-hydrogen) atoms. The van der Waals surface area contributed by atoms with Gasteiger partial charge in [0.05, 0.1) is 0 Å². The molecule has 0 spiro atoms. The van der Waals surface area contributed by atoms with Crippen molar-refractivity contribution in [2.75, 3.05) is 0 Å². The summed E-state index contributed by atoms with van der Waals surface area (Å²) in [5, 5.41) is 3.44. The van der Waals surface area contributed by atoms with Crippen LogP contribution in [0.2, 0.25) is 13.1 Å². The van der Waals surface area contributed by atoms with Crippen molar-refractivity contribution in [3.63, 3.8) is 0 Å². The Hall–Kier alpha value is -1.86. The molecule has 2 aromatic rings. The average Bonchev–Trinajstić information content (AvgIpc) is 3.16. The molecule has 2 aliphatic rings. The van der Waals surface area contributed by atoms with Gasteiger partial charge in [-0.25, -0.2) is 0 Å². The Labute approximate surface area is 178 Å². The van der Waals surface area contributed by atoms with Crippen molar-refractivity contribution in [2.24, 2.45) is 0 Å². The molecule has 0 nitrogen and oxygen atoms in total. The summed E-state index contributed by atoms with van der Waals surface area (Å²) in [6.07, 6.45) is 2.26. The van der Waals surface area contributed by atoms with Crippen LogP contribution in [0.1, 0.15) is 86.8 Å². The third-order valence-electron chi connectivity index (χ3n) is 7.12. The summed E-state index contributed by atoms with van der Waals surface area (Å²) in [5.74, 6) is 1.13. The molecule has 4 rings (SSSR count). The number of hydrogen-bond acceptors (Lipinski definition) is 0. The van der Waals surface area contributed by atoms with E-state index in [1.54, 1.807) is 54.9 Å². The number of rotatable bonds is 4. The fourth-order valence-corrected chi connectivity index (χ4v) is 10.5. The molecule has 0 N–H and O–H groups in total. The first-order chi connectivity index (χ1) is 13.6. The van der Waals surface area contributed by atoms with Crippen molar-refractivity contribution >= 4 is 18.5 Å². The Balaban J connectivity index is 1.95. The monoisotopic (exact) mass is 400 g/mol. The van der Waals surface area contributed by atoms with Gasteiger partial charge in [0.15, 0.2) is 0 Å². The van der Waals surface area contributed by atoms with E-state index in [1.165, 1.54) is 0 Å². The number of benzene rings is 2. The summed E-state index contributed by atoms with van der Waals surface area (Å²) in [6.45, 7) is 19.4. The lowest BCUT2D eigenvalue weighted by Crippen LogP contribution is -2.32. The van der Waals surface area contributed by atoms with Gasteiger partial charge in [-0.15, -0.1) is 0 Å². The highest BCUT2D eigenvalue weighted by Gasteiger charge is 2.42. The quantitative estimate of drug-likeness (QED) is 0.455. The molecule has 0 radical (unpaired) electrons. The van der Waals surface area contributed by atoms with E-state index in [2.05, 4.69) is 91.0 Å². The van der Waals surface area contributed by atoms with E-state index in [0.29, 0.717) is 11.8 Å². The molecule has 0 atom stereocenters. The topological polar surface area (TPSA) is 0 Å². The molecule has 2 aromatic carbocycles. The van der Waals surface area contributed by atoms with Crippen LogP contribution in [-0.4, -0.2) is 8.07 Å². The zero-order valence-corrected chi connectivity index (χ0v) is 20.5. The fourth-order valence-electron chi connectivity index (χ4n) is 6.10. The second-order valence-electron chi connectivity index (χ2n) is 10.4. The van der Waals surface area contributed by atoms with E-state index in [1.807, 2.05) is 0 Å². The van der Waals surface area contributed by atoms with Crippen LogP contribution in [0.15, 0.2) is 47.5 Å². The van der Waals surface area contributed by atoms with Gasteiger partial charge in [-0.1, -0.05) is 88.3 Å². The maximum absolute atomic E-state index is 2.61. The molecule has 2 aliphatic carbocycles. The number of fused-ring (bicyclic) bond motifs is 2. The first kappa shape index (κ1) is 20.4. The third-order valence-corrected chi connectivity index (χ3v) is 11.0. The van der Waals surface area contributed by atoms with Crippen LogP contribution >= 0.6 is 0 Å². The average molecular weight is 401 g/mol. The summed E-state index contributed by atoms with van der Waals surface area (Å²) in [6, 6.07) is 14.0. The summed E-state index contributed by atoms with van der Waals surface area (Å²) in [5.41, 5.74) is 12.6. The van der Waals surface area contributed by atoms with Gasteiger partial charge >= 0.3 is 0 Å². The molecule has 0 unspecified atom stereocenters. The van der Waals surface area contributed by atoms with Crippen LogP contribution < -0.4 is 0 Å². The highest BCUT2D eigenvalue weighted by atomic mass is 28.3. The molecule has 152 valence electrons. The molecule has 0 heterocycles. The van der Waals surface area contributed by atoms with Gasteiger partial charge < -0.3 is 0 Å². The van der Waals surface area contributed by atoms with Crippen molar-refractivity contribution in [1.29, 1.82) is 0 Å². The predicted molar refractivity (Wildman–Crippen MR) is 131 cm³/mol. The smallest absolute Gasteiger partial charge is 0.0686 e. The van der Waals surface area contributed by atoms with E-state index in [0.717, 1.165) is 12.8 Å². The lowest BCUT2D eigenvalue weighted by atomic mass is 9.95. The van der Waals surface area contributed by atoms with E-state index >= 15 is 0 Å². The minimum atomic E-state index is -1.86. The molecule has 1 heteroatoms. The van der Waals surface area contributed by atoms with Gasteiger partial charge in [-0.2, -0.15) is 0 Å². The summed E-state index contributed by atoms with van der Waals surface area (Å²) in [7, 11) is -1.86. The van der Waals surface area contributed by atoms with Gasteiger partial charge in [0, 0.05) is 0 Å². The minimum Gasteiger partial charge on any atom is -0.0686 e. The number of hydrogen-bond donors (Lipinski definition) is 0. The highest BCUT2D eigenvalue weighted by molar-refractivity contribution is 7.09. The van der Waals surface area contributed by atoms with Gasteiger partial charge in [0.2, 0.25) is 0 Å². The van der Waals surface area contributed by atoms with Crippen molar-refractivity contribution in [1.82, 2.24) is 0 Å². The van der Waals surface area contributed by atoms with Crippen LogP contribution in [0, 0.1) is 0 Å². The summed E-state index contributed by atoms with van der Waals surface area (Å²) in [4.78, 5) is 0. The van der Waals surface area contributed by atoms with Crippen molar-refractivity contribution in [2.45, 2.75) is 79.3 Å². The van der Waals surface area contributed by atoms with Gasteiger partial charge in [0.25, 0.3) is 0 Å². The Kier molecular flexibility index (Phi) is 5.02. The molecule has 0 saturated heterocycles. The summed E-state index contributed by atoms with van der Waals surface area (Å²) >= 11 is 0. The lowest BCUT2D eigenvalue weighted by Gasteiger charge is -2.33. The van der Waals surface area contributed by atoms with Crippen LogP contribution in [0.25, 0.3) is 10.4 Å². The normalized spacial score (nSPS) is 16.3. The second-order valence-corrected chi connectivity index (χ2v) is 14.6. The first-order valence-electron chi connectivity index (χ1n) is 11.3. The standard InChI is InChI=1S/C28H36Si/c1-17(2)23-13-9-11-21-15-19(5)27(25(21)23)29(7,8)28-20(6)16-22-12-10-14-24(18(3)4)26(22)28/h9-14,17-18H,15-16H2,1-8H3. The lowest BCUT2D eigenvalue weighted by molar-refractivity contribution is 0.861. The van der Waals surface area contributed by atoms with Crippen molar-refractivity contribution in [3.05, 3.63) is 80.9 Å². The van der Waals surface area contributed by atoms with Crippen LogP contribution in [0.4, 0.5) is 0 Å². The maximum atomic E-state index is 2.61. The van der Waals surface area contributed by atoms with Crippen LogP contribution in [-0.2, 0) is 12.8 Å². The first-order valence-corrected chi connectivity index (χ1v) is 14.3. The molecule has 0 amide bonds. The predicted octanol–water partition coefficient (Wildman–Crippen LogP) is 8.08. The van der Waals surface area contributed by atoms with Crippen molar-refractivity contribution < 1.29 is 0 Å². The van der Waals surface area contributed by atoms with Gasteiger partial charge in [-0.05, 0) is 82.3 Å². The summed E-state index contributed by atoms with van der Waals surface area (Å²) < 4.78 is 0. The van der Waals surface area contributed by atoms with Gasteiger partial charge in [0.1, 0.15) is 8.07 Å². The fraction of sp³-hybridized carbons (Fsp3) is 0.429. The van der Waals surface area contributed by atoms with Crippen molar-refractivity contribution in [3.8, 4) is 0 Å². The van der Waals surface area contributed by atoms with Gasteiger partial charge in [-0.3, -0.25) is 0 Å². The van der Waals surface area contributed by atoms with E-state index in [-0.39, 0.29) is 0 Å². The van der Waals surface area contributed by atoms with E-state index in [9.17, 15) is 0 Å². The SMILES string of the molecule is CC1=C([Si](C)(C)C2=C(C)Cc3cccc(C(C)C)c32)c2c(cccc2C(C)C)C1. The Bertz CT molecular complexity index is 960. The van der Waals surface area contributed by atoms with E-state index < -0.39 is 8.07 Å². The molecule has 0 bridgehead atoms. The molecule has 0 aromatic heterocycles. The zero-order valence-electron chi connectivity index (χ0n) is 19.5. The molecule has 0 aliphatic heterocycles.